The standard InChI is InChI=1S/C35H41ClN4O3/c36-29-16-14-28(15-17-29)34(42)37-24-30-20-23-40(25-31(26-10-4-1-5-11-26)27-12-6-2-7-13-27)35(43)32(38-30)18-19-33(41)39-21-8-3-9-22-39/h1-2,4-7,10-17,30-32,38H,3,8-9,18-25H2,(H,37,42)/t30-,32-/m0/s1. The number of carbonyl (C=O) groups is 3. The number of halogens is 1. The third-order valence-electron chi connectivity index (χ3n) is 8.57. The maximum Gasteiger partial charge on any atom is 0.251 e. The number of benzene rings is 3. The monoisotopic (exact) mass is 600 g/mol. The zero-order valence-electron chi connectivity index (χ0n) is 24.6. The number of likely N-dealkylation sites (tertiary alicyclic amines) is 1. The third-order valence-corrected chi connectivity index (χ3v) is 8.82. The van der Waals surface area contributed by atoms with Crippen molar-refractivity contribution in [3.05, 3.63) is 107 Å². The van der Waals surface area contributed by atoms with Crippen molar-refractivity contribution in [3.8, 4) is 0 Å². The number of hydrogen-bond acceptors (Lipinski definition) is 4. The first-order chi connectivity index (χ1) is 21.0. The molecule has 226 valence electrons. The SMILES string of the molecule is O=C(NC[C@@H]1CCN(CC(c2ccccc2)c2ccccc2)C(=O)[C@H](CCC(=O)N2CCCCC2)N1)c1ccc(Cl)cc1. The Morgan fingerprint density at radius 3 is 2.12 bits per heavy atom. The van der Waals surface area contributed by atoms with Gasteiger partial charge in [-0.15, -0.1) is 0 Å². The van der Waals surface area contributed by atoms with Gasteiger partial charge in [0.15, 0.2) is 0 Å². The first-order valence-electron chi connectivity index (χ1n) is 15.4. The second-order valence-corrected chi connectivity index (χ2v) is 12.0. The van der Waals surface area contributed by atoms with Gasteiger partial charge in [-0.2, -0.15) is 0 Å². The van der Waals surface area contributed by atoms with Gasteiger partial charge in [0.05, 0.1) is 6.04 Å². The van der Waals surface area contributed by atoms with Crippen LogP contribution in [-0.2, 0) is 9.59 Å². The molecule has 2 atom stereocenters. The summed E-state index contributed by atoms with van der Waals surface area (Å²) in [5.41, 5.74) is 2.84. The molecule has 7 nitrogen and oxygen atoms in total. The minimum atomic E-state index is -0.513. The van der Waals surface area contributed by atoms with Crippen LogP contribution in [0.25, 0.3) is 0 Å². The van der Waals surface area contributed by atoms with E-state index in [0.29, 0.717) is 49.5 Å². The highest BCUT2D eigenvalue weighted by molar-refractivity contribution is 6.30. The van der Waals surface area contributed by atoms with E-state index in [0.717, 1.165) is 43.5 Å². The quantitative estimate of drug-likeness (QED) is 0.333. The highest BCUT2D eigenvalue weighted by Crippen LogP contribution is 2.27. The van der Waals surface area contributed by atoms with Crippen LogP contribution in [-0.4, -0.2) is 72.3 Å². The molecule has 2 aliphatic rings. The molecular formula is C35H41ClN4O3. The van der Waals surface area contributed by atoms with Crippen molar-refractivity contribution in [3.63, 3.8) is 0 Å². The molecule has 0 saturated carbocycles. The first kappa shape index (κ1) is 30.8. The number of rotatable bonds is 10. The molecule has 2 fully saturated rings. The van der Waals surface area contributed by atoms with E-state index in [-0.39, 0.29) is 29.7 Å². The molecule has 3 aromatic carbocycles. The molecule has 8 heteroatoms. The van der Waals surface area contributed by atoms with Crippen molar-refractivity contribution in [2.24, 2.45) is 0 Å². The fourth-order valence-corrected chi connectivity index (χ4v) is 6.24. The van der Waals surface area contributed by atoms with Gasteiger partial charge in [0.25, 0.3) is 5.91 Å². The van der Waals surface area contributed by atoms with Gasteiger partial charge in [0.2, 0.25) is 11.8 Å². The molecule has 43 heavy (non-hydrogen) atoms. The lowest BCUT2D eigenvalue weighted by Gasteiger charge is -2.30. The predicted octanol–water partition coefficient (Wildman–Crippen LogP) is 5.25. The Labute approximate surface area is 259 Å². The minimum Gasteiger partial charge on any atom is -0.350 e. The molecular weight excluding hydrogens is 560 g/mol. The zero-order chi connectivity index (χ0) is 30.0. The van der Waals surface area contributed by atoms with Crippen LogP contribution in [0.2, 0.25) is 5.02 Å². The number of nitrogens with one attached hydrogen (secondary N) is 2. The van der Waals surface area contributed by atoms with Crippen LogP contribution in [0.1, 0.15) is 65.9 Å². The van der Waals surface area contributed by atoms with E-state index in [2.05, 4.69) is 34.9 Å². The minimum absolute atomic E-state index is 0.00911. The lowest BCUT2D eigenvalue weighted by atomic mass is 9.90. The average molecular weight is 601 g/mol. The number of amides is 3. The smallest absolute Gasteiger partial charge is 0.251 e. The second kappa shape index (κ2) is 15.2. The molecule has 0 aromatic heterocycles. The Hall–Kier alpha value is -3.68. The van der Waals surface area contributed by atoms with Crippen molar-refractivity contribution in [2.75, 3.05) is 32.7 Å². The van der Waals surface area contributed by atoms with E-state index in [9.17, 15) is 14.4 Å². The van der Waals surface area contributed by atoms with Gasteiger partial charge < -0.3 is 20.4 Å². The predicted molar refractivity (Wildman–Crippen MR) is 170 cm³/mol. The number of piperidine rings is 1. The van der Waals surface area contributed by atoms with Gasteiger partial charge in [-0.3, -0.25) is 14.4 Å². The summed E-state index contributed by atoms with van der Waals surface area (Å²) in [6.45, 7) is 3.06. The fraction of sp³-hybridized carbons (Fsp3) is 0.400. The normalized spacial score (nSPS) is 19.3. The summed E-state index contributed by atoms with van der Waals surface area (Å²) < 4.78 is 0. The first-order valence-corrected chi connectivity index (χ1v) is 15.8. The van der Waals surface area contributed by atoms with Crippen LogP contribution >= 0.6 is 11.6 Å². The van der Waals surface area contributed by atoms with E-state index >= 15 is 0 Å². The van der Waals surface area contributed by atoms with Gasteiger partial charge in [0.1, 0.15) is 0 Å². The van der Waals surface area contributed by atoms with Crippen molar-refractivity contribution < 1.29 is 14.4 Å². The summed E-state index contributed by atoms with van der Waals surface area (Å²) in [6, 6.07) is 26.8. The lowest BCUT2D eigenvalue weighted by molar-refractivity contribution is -0.134. The van der Waals surface area contributed by atoms with E-state index in [1.807, 2.05) is 46.2 Å². The highest BCUT2D eigenvalue weighted by atomic mass is 35.5. The van der Waals surface area contributed by atoms with Gasteiger partial charge in [-0.25, -0.2) is 0 Å². The molecule has 2 saturated heterocycles. The molecule has 2 aliphatic heterocycles. The summed E-state index contributed by atoms with van der Waals surface area (Å²) in [6.07, 6.45) is 4.66. The Morgan fingerprint density at radius 1 is 0.860 bits per heavy atom. The molecule has 2 N–H and O–H groups in total. The van der Waals surface area contributed by atoms with Crippen LogP contribution in [0, 0.1) is 0 Å². The lowest BCUT2D eigenvalue weighted by Crippen LogP contribution is -2.49. The van der Waals surface area contributed by atoms with Crippen molar-refractivity contribution in [2.45, 2.75) is 56.5 Å². The van der Waals surface area contributed by atoms with E-state index in [1.54, 1.807) is 24.3 Å². The molecule has 0 unspecified atom stereocenters. The van der Waals surface area contributed by atoms with Crippen LogP contribution < -0.4 is 10.6 Å². The maximum absolute atomic E-state index is 14.1. The van der Waals surface area contributed by atoms with Gasteiger partial charge in [-0.1, -0.05) is 72.3 Å². The zero-order valence-corrected chi connectivity index (χ0v) is 25.3. The molecule has 3 aromatic rings. The number of nitrogens with zero attached hydrogens (tertiary/aromatic N) is 2. The topological polar surface area (TPSA) is 81.8 Å². The Kier molecular flexibility index (Phi) is 10.9. The van der Waals surface area contributed by atoms with Crippen molar-refractivity contribution in [1.82, 2.24) is 20.4 Å². The fourth-order valence-electron chi connectivity index (χ4n) is 6.11. The Bertz CT molecular complexity index is 1310. The van der Waals surface area contributed by atoms with Crippen LogP contribution in [0.5, 0.6) is 0 Å². The number of carbonyl (C=O) groups excluding carboxylic acids is 3. The summed E-state index contributed by atoms with van der Waals surface area (Å²) >= 11 is 5.99. The van der Waals surface area contributed by atoms with Crippen molar-refractivity contribution >= 4 is 29.3 Å². The Balaban J connectivity index is 1.32. The molecule has 2 heterocycles. The molecule has 0 bridgehead atoms. The summed E-state index contributed by atoms with van der Waals surface area (Å²) in [5.74, 6) is -0.0435. The molecule has 3 amide bonds. The molecule has 5 rings (SSSR count). The van der Waals surface area contributed by atoms with E-state index < -0.39 is 6.04 Å². The summed E-state index contributed by atoms with van der Waals surface area (Å²) in [5, 5.41) is 7.13. The van der Waals surface area contributed by atoms with Crippen LogP contribution in [0.15, 0.2) is 84.9 Å². The van der Waals surface area contributed by atoms with E-state index in [4.69, 9.17) is 11.6 Å². The van der Waals surface area contributed by atoms with E-state index in [1.165, 1.54) is 0 Å². The molecule has 0 aliphatic carbocycles. The molecule has 0 spiro atoms. The molecule has 0 radical (unpaired) electrons. The van der Waals surface area contributed by atoms with Gasteiger partial charge in [-0.05, 0) is 67.5 Å². The maximum atomic E-state index is 14.1. The van der Waals surface area contributed by atoms with Crippen LogP contribution in [0.3, 0.4) is 0 Å². The van der Waals surface area contributed by atoms with Crippen molar-refractivity contribution in [1.29, 1.82) is 0 Å². The Morgan fingerprint density at radius 2 is 1.49 bits per heavy atom. The largest absolute Gasteiger partial charge is 0.350 e. The van der Waals surface area contributed by atoms with Crippen LogP contribution in [0.4, 0.5) is 0 Å². The summed E-state index contributed by atoms with van der Waals surface area (Å²) in [4.78, 5) is 43.9. The highest BCUT2D eigenvalue weighted by Gasteiger charge is 2.33. The second-order valence-electron chi connectivity index (χ2n) is 11.6. The average Bonchev–Trinajstić information content (AvgIpc) is 3.20. The third kappa shape index (κ3) is 8.46. The number of hydrogen-bond donors (Lipinski definition) is 2. The van der Waals surface area contributed by atoms with Gasteiger partial charge >= 0.3 is 0 Å². The summed E-state index contributed by atoms with van der Waals surface area (Å²) in [7, 11) is 0. The van der Waals surface area contributed by atoms with Gasteiger partial charge in [0, 0.05) is 61.7 Å².